The van der Waals surface area contributed by atoms with Crippen LogP contribution < -0.4 is 4.90 Å². The van der Waals surface area contributed by atoms with Crippen LogP contribution in [0.25, 0.3) is 10.4 Å². The van der Waals surface area contributed by atoms with Gasteiger partial charge in [-0.25, -0.2) is 4.39 Å². The molecule has 0 saturated carbocycles. The van der Waals surface area contributed by atoms with Crippen molar-refractivity contribution < 1.29 is 9.18 Å². The maximum absolute atomic E-state index is 13.5. The fraction of sp³-hybridized carbons (Fsp3) is 0.400. The molecule has 1 aromatic rings. The fourth-order valence-electron chi connectivity index (χ4n) is 1.88. The largest absolute Gasteiger partial charge is 0.309 e. The van der Waals surface area contributed by atoms with Gasteiger partial charge in [-0.15, -0.1) is 0 Å². The minimum atomic E-state index is -0.523. The predicted molar refractivity (Wildman–Crippen MR) is 58.7 cm³/mol. The molecular formula is C10H10FN5O. The van der Waals surface area contributed by atoms with Crippen LogP contribution in [-0.4, -0.2) is 24.0 Å². The molecule has 0 aromatic carbocycles. The molecule has 1 saturated heterocycles. The van der Waals surface area contributed by atoms with Gasteiger partial charge in [-0.05, 0) is 17.5 Å². The number of halogens is 1. The number of aromatic nitrogens is 1. The molecule has 1 aliphatic heterocycles. The quantitative estimate of drug-likeness (QED) is 0.455. The summed E-state index contributed by atoms with van der Waals surface area (Å²) in [6.45, 7) is 0.629. The topological polar surface area (TPSA) is 82.0 Å². The lowest BCUT2D eigenvalue weighted by Gasteiger charge is -2.16. The van der Waals surface area contributed by atoms with Gasteiger partial charge in [0.2, 0.25) is 5.91 Å². The summed E-state index contributed by atoms with van der Waals surface area (Å²) in [6.07, 6.45) is 2.79. The summed E-state index contributed by atoms with van der Waals surface area (Å²) in [5.74, 6) is -0.732. The number of amides is 1. The summed E-state index contributed by atoms with van der Waals surface area (Å²) in [6, 6.07) is 1.46. The van der Waals surface area contributed by atoms with Crippen molar-refractivity contribution in [2.75, 3.05) is 18.0 Å². The van der Waals surface area contributed by atoms with Crippen molar-refractivity contribution in [3.63, 3.8) is 0 Å². The second kappa shape index (κ2) is 4.80. The first-order valence-electron chi connectivity index (χ1n) is 5.13. The minimum absolute atomic E-state index is 0.0500. The highest BCUT2D eigenvalue weighted by Crippen LogP contribution is 2.26. The van der Waals surface area contributed by atoms with Crippen molar-refractivity contribution in [1.29, 1.82) is 0 Å². The highest BCUT2D eigenvalue weighted by Gasteiger charge is 2.31. The molecule has 0 N–H and O–H groups in total. The van der Waals surface area contributed by atoms with E-state index in [2.05, 4.69) is 15.0 Å². The normalized spacial score (nSPS) is 19.2. The number of anilines is 1. The molecule has 1 fully saturated rings. The number of azide groups is 1. The SMILES string of the molecule is [N-]=[N+]=NCC1CC(=O)N(c2ccncc2F)C1. The van der Waals surface area contributed by atoms with Crippen LogP contribution in [0.3, 0.4) is 0 Å². The van der Waals surface area contributed by atoms with Crippen LogP contribution >= 0.6 is 0 Å². The second-order valence-corrected chi connectivity index (χ2v) is 3.82. The van der Waals surface area contributed by atoms with Crippen molar-refractivity contribution in [2.45, 2.75) is 6.42 Å². The maximum atomic E-state index is 13.5. The zero-order valence-electron chi connectivity index (χ0n) is 8.95. The van der Waals surface area contributed by atoms with E-state index in [0.29, 0.717) is 6.54 Å². The average Bonchev–Trinajstić information content (AvgIpc) is 2.68. The molecule has 6 nitrogen and oxygen atoms in total. The molecule has 0 radical (unpaired) electrons. The van der Waals surface area contributed by atoms with E-state index in [-0.39, 0.29) is 30.5 Å². The third-order valence-electron chi connectivity index (χ3n) is 2.65. The van der Waals surface area contributed by atoms with Crippen molar-refractivity contribution in [1.82, 2.24) is 4.98 Å². The van der Waals surface area contributed by atoms with Crippen LogP contribution in [0.4, 0.5) is 10.1 Å². The van der Waals surface area contributed by atoms with E-state index >= 15 is 0 Å². The van der Waals surface area contributed by atoms with Gasteiger partial charge in [-0.3, -0.25) is 9.78 Å². The summed E-state index contributed by atoms with van der Waals surface area (Å²) >= 11 is 0. The highest BCUT2D eigenvalue weighted by molar-refractivity contribution is 5.95. The molecule has 1 unspecified atom stereocenters. The van der Waals surface area contributed by atoms with E-state index in [0.717, 1.165) is 6.20 Å². The first-order chi connectivity index (χ1) is 8.22. The van der Waals surface area contributed by atoms with Gasteiger partial charge >= 0.3 is 0 Å². The lowest BCUT2D eigenvalue weighted by molar-refractivity contribution is -0.117. The molecule has 7 heteroatoms. The van der Waals surface area contributed by atoms with Gasteiger partial charge in [-0.2, -0.15) is 0 Å². The molecule has 2 rings (SSSR count). The number of hydrogen-bond donors (Lipinski definition) is 0. The second-order valence-electron chi connectivity index (χ2n) is 3.82. The lowest BCUT2D eigenvalue weighted by Crippen LogP contribution is -2.25. The zero-order chi connectivity index (χ0) is 12.3. The van der Waals surface area contributed by atoms with E-state index in [1.165, 1.54) is 17.2 Å². The van der Waals surface area contributed by atoms with Crippen LogP contribution in [0, 0.1) is 11.7 Å². The van der Waals surface area contributed by atoms with Gasteiger partial charge < -0.3 is 4.90 Å². The Kier molecular flexibility index (Phi) is 3.20. The smallest absolute Gasteiger partial charge is 0.227 e. The third-order valence-corrected chi connectivity index (χ3v) is 2.65. The fourth-order valence-corrected chi connectivity index (χ4v) is 1.88. The molecule has 0 aliphatic carbocycles. The Morgan fingerprint density at radius 2 is 2.53 bits per heavy atom. The molecule has 1 atom stereocenters. The van der Waals surface area contributed by atoms with Crippen molar-refractivity contribution in [3.8, 4) is 0 Å². The molecule has 0 spiro atoms. The van der Waals surface area contributed by atoms with E-state index < -0.39 is 5.82 Å². The molecule has 88 valence electrons. The molecule has 17 heavy (non-hydrogen) atoms. The molecule has 1 amide bonds. The Hall–Kier alpha value is -2.14. The van der Waals surface area contributed by atoms with Gasteiger partial charge in [0.05, 0.1) is 11.9 Å². The summed E-state index contributed by atoms with van der Waals surface area (Å²) in [5.41, 5.74) is 8.44. The summed E-state index contributed by atoms with van der Waals surface area (Å²) in [5, 5.41) is 3.43. The Morgan fingerprint density at radius 1 is 1.71 bits per heavy atom. The number of pyridine rings is 1. The molecular weight excluding hydrogens is 225 g/mol. The minimum Gasteiger partial charge on any atom is -0.309 e. The Bertz CT molecular complexity index is 485. The van der Waals surface area contributed by atoms with Crippen LogP contribution in [-0.2, 0) is 4.79 Å². The van der Waals surface area contributed by atoms with Crippen LogP contribution in [0.2, 0.25) is 0 Å². The highest BCUT2D eigenvalue weighted by atomic mass is 19.1. The van der Waals surface area contributed by atoms with Crippen LogP contribution in [0.15, 0.2) is 23.6 Å². The monoisotopic (exact) mass is 235 g/mol. The maximum Gasteiger partial charge on any atom is 0.227 e. The number of nitrogens with zero attached hydrogens (tertiary/aromatic N) is 5. The summed E-state index contributed by atoms with van der Waals surface area (Å²) in [7, 11) is 0. The van der Waals surface area contributed by atoms with Gasteiger partial charge in [0.25, 0.3) is 0 Å². The Labute approximate surface area is 96.7 Å². The average molecular weight is 235 g/mol. The first-order valence-corrected chi connectivity index (χ1v) is 5.13. The molecule has 1 aliphatic rings. The number of rotatable bonds is 3. The van der Waals surface area contributed by atoms with E-state index in [9.17, 15) is 9.18 Å². The van der Waals surface area contributed by atoms with Gasteiger partial charge in [-0.1, -0.05) is 5.11 Å². The first kappa shape index (κ1) is 11.3. The standard InChI is InChI=1S/C10H10FN5O/c11-8-5-13-2-1-9(8)16-6-7(3-10(16)17)4-14-15-12/h1-2,5,7H,3-4,6H2. The molecule has 0 bridgehead atoms. The van der Waals surface area contributed by atoms with Crippen LogP contribution in [0.1, 0.15) is 6.42 Å². The molecule has 2 heterocycles. The van der Waals surface area contributed by atoms with Crippen molar-refractivity contribution in [2.24, 2.45) is 11.0 Å². The Morgan fingerprint density at radius 3 is 3.24 bits per heavy atom. The van der Waals surface area contributed by atoms with E-state index in [4.69, 9.17) is 5.53 Å². The zero-order valence-corrected chi connectivity index (χ0v) is 8.95. The Balaban J connectivity index is 2.16. The molecule has 1 aromatic heterocycles. The van der Waals surface area contributed by atoms with Crippen molar-refractivity contribution in [3.05, 3.63) is 34.7 Å². The summed E-state index contributed by atoms with van der Waals surface area (Å²) < 4.78 is 13.5. The van der Waals surface area contributed by atoms with E-state index in [1.54, 1.807) is 0 Å². The van der Waals surface area contributed by atoms with Gasteiger partial charge in [0.1, 0.15) is 0 Å². The number of carbonyl (C=O) groups excluding carboxylic acids is 1. The predicted octanol–water partition coefficient (Wildman–Crippen LogP) is 1.88. The third kappa shape index (κ3) is 2.34. The van der Waals surface area contributed by atoms with Gasteiger partial charge in [0.15, 0.2) is 5.82 Å². The van der Waals surface area contributed by atoms with E-state index in [1.807, 2.05) is 0 Å². The van der Waals surface area contributed by atoms with Crippen LogP contribution in [0.5, 0.6) is 0 Å². The lowest BCUT2D eigenvalue weighted by atomic mass is 10.1. The summed E-state index contributed by atoms with van der Waals surface area (Å²) in [4.78, 5) is 19.4. The number of carbonyl (C=O) groups is 1. The van der Waals surface area contributed by atoms with Crippen molar-refractivity contribution >= 4 is 11.6 Å². The van der Waals surface area contributed by atoms with Gasteiger partial charge in [0, 0.05) is 30.6 Å². The number of hydrogen-bond acceptors (Lipinski definition) is 3.